The Morgan fingerprint density at radius 1 is 1.33 bits per heavy atom. The fourth-order valence-electron chi connectivity index (χ4n) is 1.19. The highest BCUT2D eigenvalue weighted by Crippen LogP contribution is 2.33. The summed E-state index contributed by atoms with van der Waals surface area (Å²) in [5, 5.41) is 7.17. The molecule has 0 aliphatic rings. The lowest BCUT2D eigenvalue weighted by atomic mass is 10.1. The van der Waals surface area contributed by atoms with Crippen molar-refractivity contribution in [3.8, 4) is 11.3 Å². The van der Waals surface area contributed by atoms with Crippen LogP contribution in [0, 0.1) is 5.82 Å². The summed E-state index contributed by atoms with van der Waals surface area (Å²) in [7, 11) is 0. The van der Waals surface area contributed by atoms with Gasteiger partial charge < -0.3 is 0 Å². The van der Waals surface area contributed by atoms with Gasteiger partial charge in [0.25, 0.3) is 0 Å². The average molecular weight is 310 g/mol. The van der Waals surface area contributed by atoms with E-state index in [1.807, 2.05) is 0 Å². The highest BCUT2D eigenvalue weighted by Gasteiger charge is 2.15. The molecule has 0 aliphatic heterocycles. The molecule has 0 aliphatic carbocycles. The number of halogens is 4. The molecule has 2 aromatic rings. The minimum absolute atomic E-state index is 0.264. The van der Waals surface area contributed by atoms with Gasteiger partial charge in [-0.2, -0.15) is 5.10 Å². The molecule has 15 heavy (non-hydrogen) atoms. The second-order valence-electron chi connectivity index (χ2n) is 2.83. The highest BCUT2D eigenvalue weighted by atomic mass is 79.9. The van der Waals surface area contributed by atoms with Crippen LogP contribution >= 0.6 is 39.1 Å². The van der Waals surface area contributed by atoms with Crippen molar-refractivity contribution in [1.82, 2.24) is 10.2 Å². The zero-order valence-corrected chi connectivity index (χ0v) is 10.3. The molecule has 0 spiro atoms. The molecule has 6 heteroatoms. The molecular weight excluding hydrogens is 306 g/mol. The number of aromatic nitrogens is 2. The molecule has 2 nitrogen and oxygen atoms in total. The number of aromatic amines is 1. The molecule has 1 aromatic heterocycles. The van der Waals surface area contributed by atoms with Gasteiger partial charge in [-0.05, 0) is 28.1 Å². The molecule has 0 unspecified atom stereocenters. The maximum Gasteiger partial charge on any atom is 0.146 e. The zero-order valence-electron chi connectivity index (χ0n) is 7.19. The molecule has 0 bridgehead atoms. The summed E-state index contributed by atoms with van der Waals surface area (Å²) < 4.78 is 14.0. The maximum absolute atomic E-state index is 13.7. The van der Waals surface area contributed by atoms with E-state index in [4.69, 9.17) is 23.2 Å². The monoisotopic (exact) mass is 308 g/mol. The number of nitrogens with one attached hydrogen (secondary N) is 1. The van der Waals surface area contributed by atoms with Crippen LogP contribution < -0.4 is 0 Å². The summed E-state index contributed by atoms with van der Waals surface area (Å²) in [5.74, 6) is -0.437. The fourth-order valence-corrected chi connectivity index (χ4v) is 2.20. The molecule has 2 rings (SSSR count). The van der Waals surface area contributed by atoms with E-state index in [9.17, 15) is 4.39 Å². The van der Waals surface area contributed by atoms with Gasteiger partial charge in [-0.15, -0.1) is 0 Å². The van der Waals surface area contributed by atoms with Crippen LogP contribution in [0.1, 0.15) is 0 Å². The standard InChI is InChI=1S/C9H4BrCl2FN2/c10-6-2-4(11)1-5(8(6)13)9-7(12)3-14-15-9/h1-3H,(H,14,15). The Labute approximate surface area is 104 Å². The first-order valence-corrected chi connectivity index (χ1v) is 5.48. The Bertz CT molecular complexity index is 513. The normalized spacial score (nSPS) is 10.7. The molecule has 0 saturated heterocycles. The van der Waals surface area contributed by atoms with Crippen LogP contribution in [0.25, 0.3) is 11.3 Å². The number of H-pyrrole nitrogens is 1. The minimum atomic E-state index is -0.437. The summed E-state index contributed by atoms with van der Waals surface area (Å²) in [6.07, 6.45) is 1.48. The topological polar surface area (TPSA) is 28.7 Å². The first-order valence-electron chi connectivity index (χ1n) is 3.94. The average Bonchev–Trinajstić information content (AvgIpc) is 2.58. The van der Waals surface area contributed by atoms with Crippen molar-refractivity contribution >= 4 is 39.1 Å². The summed E-state index contributed by atoms with van der Waals surface area (Å²) >= 11 is 14.7. The molecule has 1 aromatic carbocycles. The molecule has 0 radical (unpaired) electrons. The van der Waals surface area contributed by atoms with Crippen molar-refractivity contribution in [2.75, 3.05) is 0 Å². The predicted octanol–water partition coefficient (Wildman–Crippen LogP) is 4.29. The van der Waals surface area contributed by atoms with Crippen LogP contribution in [0.2, 0.25) is 10.0 Å². The van der Waals surface area contributed by atoms with E-state index < -0.39 is 5.82 Å². The van der Waals surface area contributed by atoms with Crippen LogP contribution in [-0.2, 0) is 0 Å². The van der Waals surface area contributed by atoms with Crippen molar-refractivity contribution in [2.45, 2.75) is 0 Å². The molecule has 1 N–H and O–H groups in total. The van der Waals surface area contributed by atoms with E-state index in [0.29, 0.717) is 15.7 Å². The third-order valence-corrected chi connectivity index (χ3v) is 2.93. The van der Waals surface area contributed by atoms with Crippen molar-refractivity contribution in [3.05, 3.63) is 38.7 Å². The van der Waals surface area contributed by atoms with Crippen LogP contribution in [0.15, 0.2) is 22.8 Å². The molecular formula is C9H4BrCl2FN2. The van der Waals surface area contributed by atoms with Gasteiger partial charge in [0.05, 0.1) is 9.50 Å². The SMILES string of the molecule is Fc1c(Br)cc(Cl)cc1-c1n[nH]cc1Cl. The third kappa shape index (κ3) is 2.02. The maximum atomic E-state index is 13.7. The second kappa shape index (κ2) is 4.12. The van der Waals surface area contributed by atoms with E-state index >= 15 is 0 Å². The van der Waals surface area contributed by atoms with Crippen molar-refractivity contribution < 1.29 is 4.39 Å². The first-order chi connectivity index (χ1) is 7.09. The molecule has 1 heterocycles. The van der Waals surface area contributed by atoms with Crippen LogP contribution in [0.3, 0.4) is 0 Å². The molecule has 0 saturated carbocycles. The Morgan fingerprint density at radius 3 is 2.67 bits per heavy atom. The molecule has 78 valence electrons. The van der Waals surface area contributed by atoms with Crippen LogP contribution in [0.5, 0.6) is 0 Å². The minimum Gasteiger partial charge on any atom is -0.284 e. The van der Waals surface area contributed by atoms with Gasteiger partial charge in [0.2, 0.25) is 0 Å². The number of benzene rings is 1. The predicted molar refractivity (Wildman–Crippen MR) is 61.7 cm³/mol. The summed E-state index contributed by atoms with van der Waals surface area (Å²) in [4.78, 5) is 0. The lowest BCUT2D eigenvalue weighted by Gasteiger charge is -2.03. The van der Waals surface area contributed by atoms with E-state index in [1.54, 1.807) is 0 Å². The number of nitrogens with zero attached hydrogens (tertiary/aromatic N) is 1. The van der Waals surface area contributed by atoms with E-state index in [2.05, 4.69) is 26.1 Å². The van der Waals surface area contributed by atoms with Gasteiger partial charge in [0.1, 0.15) is 11.5 Å². The summed E-state index contributed by atoms with van der Waals surface area (Å²) in [5.41, 5.74) is 0.609. The smallest absolute Gasteiger partial charge is 0.146 e. The van der Waals surface area contributed by atoms with Gasteiger partial charge in [0.15, 0.2) is 0 Å². The Balaban J connectivity index is 2.68. The van der Waals surface area contributed by atoms with Gasteiger partial charge >= 0.3 is 0 Å². The van der Waals surface area contributed by atoms with Crippen molar-refractivity contribution in [1.29, 1.82) is 0 Å². The number of hydrogen-bond acceptors (Lipinski definition) is 1. The van der Waals surface area contributed by atoms with Crippen LogP contribution in [0.4, 0.5) is 4.39 Å². The van der Waals surface area contributed by atoms with E-state index in [0.717, 1.165) is 0 Å². The number of hydrogen-bond donors (Lipinski definition) is 1. The molecule has 0 fully saturated rings. The van der Waals surface area contributed by atoms with Crippen molar-refractivity contribution in [3.63, 3.8) is 0 Å². The molecule has 0 amide bonds. The Kier molecular flexibility index (Phi) is 3.00. The summed E-state index contributed by atoms with van der Waals surface area (Å²) in [6, 6.07) is 2.95. The first kappa shape index (κ1) is 10.9. The quantitative estimate of drug-likeness (QED) is 0.782. The number of rotatable bonds is 1. The van der Waals surface area contributed by atoms with Crippen molar-refractivity contribution in [2.24, 2.45) is 0 Å². The zero-order chi connectivity index (χ0) is 11.0. The lowest BCUT2D eigenvalue weighted by molar-refractivity contribution is 0.624. The van der Waals surface area contributed by atoms with E-state index in [-0.39, 0.29) is 10.0 Å². The Hall–Kier alpha value is -0.580. The summed E-state index contributed by atoms with van der Waals surface area (Å²) in [6.45, 7) is 0. The lowest BCUT2D eigenvalue weighted by Crippen LogP contribution is -1.87. The van der Waals surface area contributed by atoms with Gasteiger partial charge in [-0.25, -0.2) is 4.39 Å². The largest absolute Gasteiger partial charge is 0.284 e. The highest BCUT2D eigenvalue weighted by molar-refractivity contribution is 9.10. The third-order valence-electron chi connectivity index (χ3n) is 1.84. The van der Waals surface area contributed by atoms with E-state index in [1.165, 1.54) is 18.3 Å². The molecule has 0 atom stereocenters. The van der Waals surface area contributed by atoms with Gasteiger partial charge in [-0.3, -0.25) is 5.10 Å². The van der Waals surface area contributed by atoms with Crippen LogP contribution in [-0.4, -0.2) is 10.2 Å². The van der Waals surface area contributed by atoms with Gasteiger partial charge in [0, 0.05) is 16.8 Å². The fraction of sp³-hybridized carbons (Fsp3) is 0. The Morgan fingerprint density at radius 2 is 2.07 bits per heavy atom. The second-order valence-corrected chi connectivity index (χ2v) is 4.53. The van der Waals surface area contributed by atoms with Gasteiger partial charge in [-0.1, -0.05) is 23.2 Å².